The molecule has 0 spiro atoms. The number of aldehydes is 1. The molecule has 2 N–H and O–H groups in total. The largest absolute Gasteiger partial charge is 0.707 e. The van der Waals surface area contributed by atoms with Crippen LogP contribution < -0.4 is 4.65 Å². The second kappa shape index (κ2) is 4.02. The van der Waals surface area contributed by atoms with E-state index in [1.807, 2.05) is 0 Å². The molecule has 13 heavy (non-hydrogen) atoms. The van der Waals surface area contributed by atoms with Gasteiger partial charge in [0.15, 0.2) is 6.29 Å². The van der Waals surface area contributed by atoms with Crippen molar-refractivity contribution in [1.29, 1.82) is 0 Å². The predicted octanol–water partition coefficient (Wildman–Crippen LogP) is -0.0135. The standard InChI is InChI=1S/C7H6BFO4/c9-7-3-6(13-8(11)12)2-1-5(7)4-10/h1-4,11-12H. The number of carbonyl (C=O) groups excluding carboxylic acids is 1. The summed E-state index contributed by atoms with van der Waals surface area (Å²) < 4.78 is 17.2. The molecule has 0 saturated carbocycles. The van der Waals surface area contributed by atoms with Gasteiger partial charge in [0, 0.05) is 6.07 Å². The highest BCUT2D eigenvalue weighted by Gasteiger charge is 2.12. The zero-order valence-corrected chi connectivity index (χ0v) is 6.48. The Morgan fingerprint density at radius 3 is 2.62 bits per heavy atom. The van der Waals surface area contributed by atoms with Gasteiger partial charge in [-0.3, -0.25) is 4.79 Å². The fourth-order valence-electron chi connectivity index (χ4n) is 0.798. The maximum absolute atomic E-state index is 12.8. The van der Waals surface area contributed by atoms with Gasteiger partial charge < -0.3 is 14.7 Å². The Balaban J connectivity index is 2.89. The lowest BCUT2D eigenvalue weighted by molar-refractivity contribution is 0.112. The van der Waals surface area contributed by atoms with Crippen LogP contribution in [-0.2, 0) is 0 Å². The first-order valence-electron chi connectivity index (χ1n) is 3.41. The lowest BCUT2D eigenvalue weighted by Gasteiger charge is -2.04. The zero-order chi connectivity index (χ0) is 9.84. The van der Waals surface area contributed by atoms with E-state index >= 15 is 0 Å². The SMILES string of the molecule is O=Cc1ccc(OB(O)O)cc1F. The van der Waals surface area contributed by atoms with Crippen LogP contribution in [0.2, 0.25) is 0 Å². The average Bonchev–Trinajstić information content (AvgIpc) is 2.03. The van der Waals surface area contributed by atoms with Crippen LogP contribution in [0.3, 0.4) is 0 Å². The van der Waals surface area contributed by atoms with E-state index in [1.165, 1.54) is 12.1 Å². The molecule has 0 unspecified atom stereocenters. The topological polar surface area (TPSA) is 66.8 Å². The molecular weight excluding hydrogens is 178 g/mol. The fourth-order valence-corrected chi connectivity index (χ4v) is 0.798. The van der Waals surface area contributed by atoms with Crippen molar-refractivity contribution in [2.24, 2.45) is 0 Å². The second-order valence-electron chi connectivity index (χ2n) is 2.25. The van der Waals surface area contributed by atoms with Crippen molar-refractivity contribution in [3.05, 3.63) is 29.6 Å². The van der Waals surface area contributed by atoms with Crippen LogP contribution >= 0.6 is 0 Å². The third-order valence-corrected chi connectivity index (χ3v) is 1.34. The molecule has 0 aliphatic rings. The summed E-state index contributed by atoms with van der Waals surface area (Å²) in [6.45, 7) is 0. The third kappa shape index (κ3) is 2.53. The minimum absolute atomic E-state index is 0.0573. The van der Waals surface area contributed by atoms with Crippen LogP contribution in [-0.4, -0.2) is 23.7 Å². The van der Waals surface area contributed by atoms with Gasteiger partial charge >= 0.3 is 7.32 Å². The van der Waals surface area contributed by atoms with E-state index in [9.17, 15) is 9.18 Å². The maximum Gasteiger partial charge on any atom is 0.707 e. The molecule has 0 aliphatic heterocycles. The summed E-state index contributed by atoms with van der Waals surface area (Å²) in [4.78, 5) is 10.2. The third-order valence-electron chi connectivity index (χ3n) is 1.34. The van der Waals surface area contributed by atoms with Gasteiger partial charge in [0.05, 0.1) is 5.56 Å². The van der Waals surface area contributed by atoms with Gasteiger partial charge in [-0.1, -0.05) is 0 Å². The lowest BCUT2D eigenvalue weighted by Crippen LogP contribution is -2.20. The van der Waals surface area contributed by atoms with Crippen LogP contribution in [0.15, 0.2) is 18.2 Å². The summed E-state index contributed by atoms with van der Waals surface area (Å²) in [6.07, 6.45) is 0.356. The predicted molar refractivity (Wildman–Crippen MR) is 42.6 cm³/mol. The Hall–Kier alpha value is -1.40. The van der Waals surface area contributed by atoms with Crippen molar-refractivity contribution in [1.82, 2.24) is 0 Å². The Labute approximate surface area is 73.8 Å². The van der Waals surface area contributed by atoms with E-state index in [0.29, 0.717) is 6.29 Å². The molecule has 0 saturated heterocycles. The van der Waals surface area contributed by atoms with E-state index in [1.54, 1.807) is 0 Å². The molecule has 0 aromatic heterocycles. The smallest absolute Gasteiger partial charge is 0.512 e. The van der Waals surface area contributed by atoms with Crippen molar-refractivity contribution in [3.8, 4) is 5.75 Å². The highest BCUT2D eigenvalue weighted by atomic mass is 19.1. The first-order valence-corrected chi connectivity index (χ1v) is 3.41. The van der Waals surface area contributed by atoms with Crippen LogP contribution in [0, 0.1) is 5.82 Å². The van der Waals surface area contributed by atoms with Gasteiger partial charge in [-0.2, -0.15) is 0 Å². The minimum atomic E-state index is -2.00. The highest BCUT2D eigenvalue weighted by Crippen LogP contribution is 2.15. The van der Waals surface area contributed by atoms with Gasteiger partial charge in [0.1, 0.15) is 11.6 Å². The Bertz CT molecular complexity index is 315. The Kier molecular flexibility index (Phi) is 3.00. The van der Waals surface area contributed by atoms with Gasteiger partial charge in [-0.25, -0.2) is 4.39 Å². The molecular formula is C7H6BFO4. The fraction of sp³-hybridized carbons (Fsp3) is 0. The Morgan fingerprint density at radius 2 is 2.15 bits per heavy atom. The molecule has 0 atom stereocenters. The Morgan fingerprint density at radius 1 is 1.46 bits per heavy atom. The van der Waals surface area contributed by atoms with Crippen LogP contribution in [0.4, 0.5) is 4.39 Å². The minimum Gasteiger partial charge on any atom is -0.512 e. The lowest BCUT2D eigenvalue weighted by atomic mass is 10.2. The molecule has 68 valence electrons. The van der Waals surface area contributed by atoms with Crippen LogP contribution in [0.1, 0.15) is 10.4 Å². The molecule has 6 heteroatoms. The number of benzene rings is 1. The molecule has 1 rings (SSSR count). The summed E-state index contributed by atoms with van der Waals surface area (Å²) in [5.74, 6) is -0.828. The van der Waals surface area contributed by atoms with E-state index < -0.39 is 13.1 Å². The van der Waals surface area contributed by atoms with E-state index in [0.717, 1.165) is 6.07 Å². The van der Waals surface area contributed by atoms with Gasteiger partial charge in [0.25, 0.3) is 0 Å². The van der Waals surface area contributed by atoms with Crippen molar-refractivity contribution in [2.45, 2.75) is 0 Å². The first kappa shape index (κ1) is 9.69. The first-order chi connectivity index (χ1) is 6.13. The summed E-state index contributed by atoms with van der Waals surface area (Å²) >= 11 is 0. The van der Waals surface area contributed by atoms with Crippen LogP contribution in [0.25, 0.3) is 0 Å². The highest BCUT2D eigenvalue weighted by molar-refractivity contribution is 6.33. The van der Waals surface area contributed by atoms with Gasteiger partial charge in [-0.05, 0) is 12.1 Å². The monoisotopic (exact) mass is 184 g/mol. The molecule has 4 nitrogen and oxygen atoms in total. The number of hydrogen-bond donors (Lipinski definition) is 2. The molecule has 0 fully saturated rings. The number of rotatable bonds is 3. The molecule has 0 aliphatic carbocycles. The average molecular weight is 184 g/mol. The molecule has 0 amide bonds. The molecule has 0 radical (unpaired) electrons. The van der Waals surface area contributed by atoms with Crippen molar-refractivity contribution in [2.75, 3.05) is 0 Å². The van der Waals surface area contributed by atoms with E-state index in [-0.39, 0.29) is 11.3 Å². The number of carbonyl (C=O) groups is 1. The summed E-state index contributed by atoms with van der Waals surface area (Å²) in [7, 11) is -2.00. The van der Waals surface area contributed by atoms with E-state index in [4.69, 9.17) is 10.0 Å². The maximum atomic E-state index is 12.8. The summed E-state index contributed by atoms with van der Waals surface area (Å²) in [5.41, 5.74) is -0.111. The number of halogens is 1. The summed E-state index contributed by atoms with van der Waals surface area (Å²) in [6, 6.07) is 3.33. The second-order valence-corrected chi connectivity index (χ2v) is 2.25. The summed E-state index contributed by atoms with van der Waals surface area (Å²) in [5, 5.41) is 16.7. The molecule has 1 aromatic rings. The number of hydrogen-bond acceptors (Lipinski definition) is 4. The van der Waals surface area contributed by atoms with Crippen LogP contribution in [0.5, 0.6) is 5.75 Å². The normalized spacial score (nSPS) is 9.46. The molecule has 0 bridgehead atoms. The zero-order valence-electron chi connectivity index (χ0n) is 6.48. The van der Waals surface area contributed by atoms with Gasteiger partial charge in [-0.15, -0.1) is 0 Å². The van der Waals surface area contributed by atoms with E-state index in [2.05, 4.69) is 4.65 Å². The quantitative estimate of drug-likeness (QED) is 0.511. The van der Waals surface area contributed by atoms with Crippen molar-refractivity contribution >= 4 is 13.6 Å². The molecule has 1 aromatic carbocycles. The molecule has 0 heterocycles. The van der Waals surface area contributed by atoms with Gasteiger partial charge in [0.2, 0.25) is 0 Å². The van der Waals surface area contributed by atoms with Crippen molar-refractivity contribution in [3.63, 3.8) is 0 Å². The van der Waals surface area contributed by atoms with Crippen molar-refractivity contribution < 1.29 is 23.9 Å².